The highest BCUT2D eigenvalue weighted by Crippen LogP contribution is 2.38. The second-order valence-corrected chi connectivity index (χ2v) is 13.8. The van der Waals surface area contributed by atoms with E-state index in [1.807, 2.05) is 73.0 Å². The van der Waals surface area contributed by atoms with Crippen LogP contribution in [0.15, 0.2) is 67.3 Å². The van der Waals surface area contributed by atoms with Crippen molar-refractivity contribution in [1.82, 2.24) is 34.9 Å². The Kier molecular flexibility index (Phi) is 9.44. The molecule has 5 heterocycles. The summed E-state index contributed by atoms with van der Waals surface area (Å²) >= 11 is 0. The zero-order valence-corrected chi connectivity index (χ0v) is 28.4. The molecular weight excluding hydrogens is 614 g/mol. The summed E-state index contributed by atoms with van der Waals surface area (Å²) in [5.41, 5.74) is 3.78. The van der Waals surface area contributed by atoms with E-state index in [0.717, 1.165) is 74.1 Å². The molecule has 1 aromatic carbocycles. The molecule has 49 heavy (non-hydrogen) atoms. The Morgan fingerprint density at radius 2 is 1.76 bits per heavy atom. The van der Waals surface area contributed by atoms with E-state index in [1.165, 1.54) is 19.4 Å². The third-order valence-corrected chi connectivity index (χ3v) is 10.8. The van der Waals surface area contributed by atoms with Gasteiger partial charge in [0.05, 0.1) is 12.4 Å². The van der Waals surface area contributed by atoms with Gasteiger partial charge in [-0.05, 0) is 82.7 Å². The summed E-state index contributed by atoms with van der Waals surface area (Å²) < 4.78 is 1.76. The summed E-state index contributed by atoms with van der Waals surface area (Å²) in [5.74, 6) is 1.91. The van der Waals surface area contributed by atoms with Crippen molar-refractivity contribution in [1.29, 1.82) is 5.26 Å². The Balaban J connectivity index is 1.02. The summed E-state index contributed by atoms with van der Waals surface area (Å²) in [7, 11) is 4.14. The van der Waals surface area contributed by atoms with Crippen LogP contribution in [0.3, 0.4) is 0 Å². The Morgan fingerprint density at radius 3 is 2.41 bits per heavy atom. The van der Waals surface area contributed by atoms with Crippen molar-refractivity contribution in [3.63, 3.8) is 0 Å². The number of aryl methyl sites for hydroxylation is 1. The van der Waals surface area contributed by atoms with Crippen LogP contribution in [0.2, 0.25) is 0 Å². The maximum Gasteiger partial charge on any atom is 0.323 e. The Labute approximate surface area is 288 Å². The molecule has 1 spiro atoms. The van der Waals surface area contributed by atoms with Crippen molar-refractivity contribution in [2.45, 2.75) is 75.5 Å². The number of hydrogen-bond donors (Lipinski definition) is 2. The fraction of sp³-hybridized carbons (Fsp3) is 0.459. The number of pyridine rings is 1. The Hall–Kier alpha value is -5.02. The van der Waals surface area contributed by atoms with Gasteiger partial charge >= 0.3 is 6.03 Å². The lowest BCUT2D eigenvalue weighted by Gasteiger charge is -2.44. The van der Waals surface area contributed by atoms with E-state index < -0.39 is 0 Å². The molecule has 3 aliphatic rings. The SMILES string of the molecule is CN1CCCC12CCN(c1nc(NC3CCC(N(C(=O)NCc4ccccc4)c4ccc(-c5cnn(C)c5)cn4)CC3)ncc1C#N)CC2. The second kappa shape index (κ2) is 14.2. The van der Waals surface area contributed by atoms with Crippen molar-refractivity contribution >= 4 is 23.6 Å². The van der Waals surface area contributed by atoms with Gasteiger partial charge in [0.2, 0.25) is 5.95 Å². The third kappa shape index (κ3) is 7.08. The fourth-order valence-electron chi connectivity index (χ4n) is 7.85. The summed E-state index contributed by atoms with van der Waals surface area (Å²) in [6, 6.07) is 16.2. The number of hydrogen-bond acceptors (Lipinski definition) is 9. The molecular formula is C37H45N11O. The fourth-order valence-corrected chi connectivity index (χ4v) is 7.85. The van der Waals surface area contributed by atoms with Gasteiger partial charge in [0.1, 0.15) is 17.5 Å². The van der Waals surface area contributed by atoms with Crippen LogP contribution < -0.4 is 20.4 Å². The lowest BCUT2D eigenvalue weighted by Crippen LogP contribution is -2.51. The standard InChI is InChI=1S/C37H45N11O/c1-45-18-6-15-37(45)16-19-47(20-17-37)34-29(21-38)24-40-35(44-34)43-31-10-12-32(13-11-31)48(36(49)41-22-27-7-4-3-5-8-27)33-14-9-28(23-39-33)30-25-42-46(2)26-30/h3-5,7-9,14,23-26,31-32H,6,10-13,15-20,22H2,1-2H3,(H,41,49)(H,40,43,44). The van der Waals surface area contributed by atoms with Crippen LogP contribution in [0.25, 0.3) is 11.1 Å². The highest BCUT2D eigenvalue weighted by molar-refractivity contribution is 5.91. The monoisotopic (exact) mass is 659 g/mol. The zero-order valence-electron chi connectivity index (χ0n) is 28.4. The number of anilines is 3. The summed E-state index contributed by atoms with van der Waals surface area (Å²) in [6.45, 7) is 3.38. The molecule has 12 heteroatoms. The van der Waals surface area contributed by atoms with E-state index in [0.29, 0.717) is 29.4 Å². The van der Waals surface area contributed by atoms with E-state index in [-0.39, 0.29) is 18.1 Å². The van der Waals surface area contributed by atoms with Crippen molar-refractivity contribution in [2.75, 3.05) is 41.8 Å². The second-order valence-electron chi connectivity index (χ2n) is 13.8. The summed E-state index contributed by atoms with van der Waals surface area (Å²) in [5, 5.41) is 20.8. The van der Waals surface area contributed by atoms with E-state index in [2.05, 4.69) is 43.6 Å². The number of piperidine rings is 1. The highest BCUT2D eigenvalue weighted by Gasteiger charge is 2.41. The predicted octanol–water partition coefficient (Wildman–Crippen LogP) is 5.35. The molecule has 1 aliphatic carbocycles. The largest absolute Gasteiger partial charge is 0.355 e. The zero-order chi connectivity index (χ0) is 33.8. The summed E-state index contributed by atoms with van der Waals surface area (Å²) in [6.07, 6.45) is 15.2. The molecule has 0 bridgehead atoms. The number of carbonyl (C=O) groups is 1. The van der Waals surface area contributed by atoms with E-state index in [4.69, 9.17) is 9.97 Å². The maximum absolute atomic E-state index is 13.8. The molecule has 0 atom stereocenters. The number of nitrogens with zero attached hydrogens (tertiary/aromatic N) is 9. The van der Waals surface area contributed by atoms with Crippen LogP contribution in [0.4, 0.5) is 22.4 Å². The number of likely N-dealkylation sites (tertiary alicyclic amines) is 1. The van der Waals surface area contributed by atoms with Crippen LogP contribution in [-0.4, -0.2) is 80.0 Å². The van der Waals surface area contributed by atoms with Gasteiger partial charge in [-0.15, -0.1) is 0 Å². The highest BCUT2D eigenvalue weighted by atomic mass is 16.2. The minimum atomic E-state index is -0.158. The molecule has 254 valence electrons. The number of carbonyl (C=O) groups excluding carboxylic acids is 1. The number of benzene rings is 1. The molecule has 7 rings (SSSR count). The molecule has 1 saturated carbocycles. The van der Waals surface area contributed by atoms with Gasteiger partial charge in [-0.3, -0.25) is 9.58 Å². The van der Waals surface area contributed by atoms with Crippen LogP contribution in [0.1, 0.15) is 62.5 Å². The van der Waals surface area contributed by atoms with E-state index in [1.54, 1.807) is 10.9 Å². The average Bonchev–Trinajstić information content (AvgIpc) is 3.73. The first-order chi connectivity index (χ1) is 23.9. The molecule has 2 saturated heterocycles. The Bertz CT molecular complexity index is 1770. The number of urea groups is 1. The summed E-state index contributed by atoms with van der Waals surface area (Å²) in [4.78, 5) is 34.6. The molecule has 3 fully saturated rings. The van der Waals surface area contributed by atoms with Crippen molar-refractivity contribution in [2.24, 2.45) is 7.05 Å². The van der Waals surface area contributed by atoms with Crippen LogP contribution >= 0.6 is 0 Å². The smallest absolute Gasteiger partial charge is 0.323 e. The van der Waals surface area contributed by atoms with Gasteiger partial charge in [0.25, 0.3) is 0 Å². The topological polar surface area (TPSA) is 131 Å². The molecule has 12 nitrogen and oxygen atoms in total. The molecule has 0 radical (unpaired) electrons. The molecule has 2 aliphatic heterocycles. The molecule has 4 aromatic rings. The minimum Gasteiger partial charge on any atom is -0.355 e. The first-order valence-electron chi connectivity index (χ1n) is 17.5. The van der Waals surface area contributed by atoms with Crippen LogP contribution in [0.5, 0.6) is 0 Å². The van der Waals surface area contributed by atoms with Crippen LogP contribution in [0, 0.1) is 11.3 Å². The molecule has 2 N–H and O–H groups in total. The predicted molar refractivity (Wildman–Crippen MR) is 190 cm³/mol. The lowest BCUT2D eigenvalue weighted by atomic mass is 9.85. The minimum absolute atomic E-state index is 0.0163. The van der Waals surface area contributed by atoms with Crippen molar-refractivity contribution < 1.29 is 4.79 Å². The molecule has 3 aromatic heterocycles. The Morgan fingerprint density at radius 1 is 0.959 bits per heavy atom. The van der Waals surface area contributed by atoms with Crippen LogP contribution in [-0.2, 0) is 13.6 Å². The van der Waals surface area contributed by atoms with E-state index >= 15 is 0 Å². The normalized spacial score (nSPS) is 20.6. The van der Waals surface area contributed by atoms with Gasteiger partial charge in [-0.25, -0.2) is 14.8 Å². The first kappa shape index (κ1) is 32.5. The third-order valence-electron chi connectivity index (χ3n) is 10.8. The number of rotatable bonds is 8. The molecule has 2 amide bonds. The average molecular weight is 660 g/mol. The number of aromatic nitrogens is 5. The quantitative estimate of drug-likeness (QED) is 0.257. The van der Waals surface area contributed by atoms with Crippen molar-refractivity contribution in [3.8, 4) is 17.2 Å². The van der Waals surface area contributed by atoms with Crippen molar-refractivity contribution in [3.05, 3.63) is 78.4 Å². The van der Waals surface area contributed by atoms with Gasteiger partial charge in [-0.1, -0.05) is 30.3 Å². The number of amides is 2. The molecule has 0 unspecified atom stereocenters. The van der Waals surface area contributed by atoms with Gasteiger partial charge in [-0.2, -0.15) is 15.3 Å². The number of nitrogens with one attached hydrogen (secondary N) is 2. The number of nitriles is 1. The van der Waals surface area contributed by atoms with E-state index in [9.17, 15) is 10.1 Å². The van der Waals surface area contributed by atoms with Gasteiger partial charge < -0.3 is 20.4 Å². The van der Waals surface area contributed by atoms with Gasteiger partial charge in [0.15, 0.2) is 5.82 Å². The maximum atomic E-state index is 13.8. The first-order valence-corrected chi connectivity index (χ1v) is 17.5. The van der Waals surface area contributed by atoms with Gasteiger partial charge in [0, 0.05) is 67.8 Å². The lowest BCUT2D eigenvalue weighted by molar-refractivity contribution is 0.137.